The van der Waals surface area contributed by atoms with E-state index < -0.39 is 0 Å². The molecule has 0 bridgehead atoms. The molecule has 1 aromatic rings. The Morgan fingerprint density at radius 1 is 1.46 bits per heavy atom. The van der Waals surface area contributed by atoms with Crippen molar-refractivity contribution >= 4 is 17.5 Å². The second-order valence-electron chi connectivity index (χ2n) is 6.20. The second kappa shape index (κ2) is 8.87. The van der Waals surface area contributed by atoms with Gasteiger partial charge in [-0.2, -0.15) is 0 Å². The lowest BCUT2D eigenvalue weighted by Crippen LogP contribution is -2.40. The van der Waals surface area contributed by atoms with Crippen LogP contribution < -0.4 is 10.6 Å². The number of aromatic nitrogens is 1. The maximum absolute atomic E-state index is 11.6. The molecule has 1 atom stereocenters. The highest BCUT2D eigenvalue weighted by atomic mass is 16.5. The van der Waals surface area contributed by atoms with E-state index in [1.165, 1.54) is 7.11 Å². The molecule has 0 radical (unpaired) electrons. The van der Waals surface area contributed by atoms with Gasteiger partial charge in [-0.05, 0) is 43.7 Å². The van der Waals surface area contributed by atoms with Gasteiger partial charge in [0.2, 0.25) is 0 Å². The van der Waals surface area contributed by atoms with Crippen LogP contribution in [0.15, 0.2) is 12.3 Å². The predicted molar refractivity (Wildman–Crippen MR) is 95.2 cm³/mol. The Morgan fingerprint density at radius 3 is 2.71 bits per heavy atom. The molecule has 0 saturated carbocycles. The monoisotopic (exact) mass is 335 g/mol. The quantitative estimate of drug-likeness (QED) is 0.772. The van der Waals surface area contributed by atoms with E-state index in [4.69, 9.17) is 15.2 Å². The first-order valence-electron chi connectivity index (χ1n) is 8.77. The fourth-order valence-corrected chi connectivity index (χ4v) is 3.31. The van der Waals surface area contributed by atoms with Gasteiger partial charge in [-0.1, -0.05) is 6.92 Å². The molecular formula is C18H29N3O3. The molecule has 2 rings (SSSR count). The van der Waals surface area contributed by atoms with Crippen LogP contribution in [0.25, 0.3) is 0 Å². The summed E-state index contributed by atoms with van der Waals surface area (Å²) in [5.41, 5.74) is 7.97. The molecule has 0 aliphatic carbocycles. The van der Waals surface area contributed by atoms with Crippen LogP contribution in [0.2, 0.25) is 0 Å². The molecule has 1 unspecified atom stereocenters. The van der Waals surface area contributed by atoms with Gasteiger partial charge in [0.15, 0.2) is 5.82 Å². The molecule has 24 heavy (non-hydrogen) atoms. The number of nitrogen functional groups attached to an aromatic ring is 1. The molecule has 0 spiro atoms. The second-order valence-corrected chi connectivity index (χ2v) is 6.20. The molecule has 0 aromatic carbocycles. The number of carbonyl (C=O) groups excluding carboxylic acids is 1. The number of carbonyl (C=O) groups is 1. The summed E-state index contributed by atoms with van der Waals surface area (Å²) in [5, 5.41) is 0. The molecule has 0 amide bonds. The first-order valence-corrected chi connectivity index (χ1v) is 8.77. The van der Waals surface area contributed by atoms with E-state index in [1.54, 1.807) is 0 Å². The van der Waals surface area contributed by atoms with Crippen molar-refractivity contribution in [3.05, 3.63) is 17.8 Å². The highest BCUT2D eigenvalue weighted by Gasteiger charge is 2.24. The first-order chi connectivity index (χ1) is 11.6. The summed E-state index contributed by atoms with van der Waals surface area (Å²) < 4.78 is 10.2. The average Bonchev–Trinajstić information content (AvgIpc) is 2.62. The van der Waals surface area contributed by atoms with Crippen molar-refractivity contribution in [2.45, 2.75) is 51.5 Å². The number of hydrogen-bond donors (Lipinski definition) is 1. The van der Waals surface area contributed by atoms with Crippen molar-refractivity contribution < 1.29 is 14.3 Å². The van der Waals surface area contributed by atoms with Crippen molar-refractivity contribution in [1.82, 2.24) is 4.98 Å². The van der Waals surface area contributed by atoms with Gasteiger partial charge < -0.3 is 20.1 Å². The standard InChI is InChI=1S/C18H29N3O3/c1-4-13(11-17(22)23-3)14-10-16(19)18(20-12-14)21(5-2)15-6-8-24-9-7-15/h10,12-13,15H,4-9,11,19H2,1-3H3. The zero-order chi connectivity index (χ0) is 17.5. The number of nitrogens with zero attached hydrogens (tertiary/aromatic N) is 2. The van der Waals surface area contributed by atoms with E-state index in [9.17, 15) is 4.79 Å². The summed E-state index contributed by atoms with van der Waals surface area (Å²) in [6, 6.07) is 2.38. The van der Waals surface area contributed by atoms with Crippen molar-refractivity contribution in [2.24, 2.45) is 0 Å². The molecule has 2 heterocycles. The fourth-order valence-electron chi connectivity index (χ4n) is 3.31. The Kier molecular flexibility index (Phi) is 6.85. The van der Waals surface area contributed by atoms with Gasteiger partial charge in [-0.25, -0.2) is 4.98 Å². The minimum Gasteiger partial charge on any atom is -0.469 e. The summed E-state index contributed by atoms with van der Waals surface area (Å²) in [4.78, 5) is 18.5. The van der Waals surface area contributed by atoms with E-state index in [0.29, 0.717) is 18.2 Å². The number of esters is 1. The zero-order valence-corrected chi connectivity index (χ0v) is 15.0. The highest BCUT2D eigenvalue weighted by molar-refractivity contribution is 5.71. The minimum absolute atomic E-state index is 0.0828. The normalized spacial score (nSPS) is 16.6. The molecule has 1 fully saturated rings. The zero-order valence-electron chi connectivity index (χ0n) is 15.0. The average molecular weight is 335 g/mol. The molecule has 1 aromatic heterocycles. The largest absolute Gasteiger partial charge is 0.469 e. The number of ether oxygens (including phenoxy) is 2. The first kappa shape index (κ1) is 18.5. The van der Waals surface area contributed by atoms with E-state index in [0.717, 1.165) is 50.4 Å². The number of hydrogen-bond acceptors (Lipinski definition) is 6. The Morgan fingerprint density at radius 2 is 2.17 bits per heavy atom. The molecular weight excluding hydrogens is 306 g/mol. The number of nitrogens with two attached hydrogens (primary N) is 1. The maximum Gasteiger partial charge on any atom is 0.306 e. The van der Waals surface area contributed by atoms with Gasteiger partial charge in [-0.15, -0.1) is 0 Å². The fraction of sp³-hybridized carbons (Fsp3) is 0.667. The van der Waals surface area contributed by atoms with Crippen molar-refractivity contribution in [3.63, 3.8) is 0 Å². The predicted octanol–water partition coefficient (Wildman–Crippen LogP) is 2.73. The summed E-state index contributed by atoms with van der Waals surface area (Å²) in [6.07, 6.45) is 5.04. The molecule has 6 nitrogen and oxygen atoms in total. The van der Waals surface area contributed by atoms with Gasteiger partial charge in [0.1, 0.15) is 0 Å². The van der Waals surface area contributed by atoms with Crippen LogP contribution in [0.4, 0.5) is 11.5 Å². The van der Waals surface area contributed by atoms with Crippen molar-refractivity contribution in [1.29, 1.82) is 0 Å². The van der Waals surface area contributed by atoms with Gasteiger partial charge in [0, 0.05) is 32.0 Å². The third kappa shape index (κ3) is 4.38. The number of anilines is 2. The Hall–Kier alpha value is -1.82. The highest BCUT2D eigenvalue weighted by Crippen LogP contribution is 2.31. The van der Waals surface area contributed by atoms with Crippen molar-refractivity contribution in [2.75, 3.05) is 37.5 Å². The van der Waals surface area contributed by atoms with Gasteiger partial charge in [-0.3, -0.25) is 4.79 Å². The van der Waals surface area contributed by atoms with Crippen LogP contribution in [0.3, 0.4) is 0 Å². The van der Waals surface area contributed by atoms with Crippen LogP contribution in [-0.2, 0) is 14.3 Å². The Balaban J connectivity index is 2.19. The topological polar surface area (TPSA) is 77.7 Å². The third-order valence-corrected chi connectivity index (χ3v) is 4.77. The summed E-state index contributed by atoms with van der Waals surface area (Å²) >= 11 is 0. The molecule has 134 valence electrons. The molecule has 2 N–H and O–H groups in total. The van der Waals surface area contributed by atoms with Crippen LogP contribution in [0.1, 0.15) is 51.0 Å². The minimum atomic E-state index is -0.207. The Bertz CT molecular complexity index is 544. The van der Waals surface area contributed by atoms with E-state index in [-0.39, 0.29) is 11.9 Å². The summed E-state index contributed by atoms with van der Waals surface area (Å²) in [7, 11) is 1.41. The number of methoxy groups -OCH3 is 1. The van der Waals surface area contributed by atoms with E-state index in [1.807, 2.05) is 12.3 Å². The number of pyridine rings is 1. The van der Waals surface area contributed by atoms with Gasteiger partial charge >= 0.3 is 5.97 Å². The van der Waals surface area contributed by atoms with E-state index in [2.05, 4.69) is 23.7 Å². The maximum atomic E-state index is 11.6. The number of rotatable bonds is 7. The molecule has 1 aliphatic rings. The lowest BCUT2D eigenvalue weighted by molar-refractivity contribution is -0.141. The molecule has 1 saturated heterocycles. The summed E-state index contributed by atoms with van der Waals surface area (Å²) in [6.45, 7) is 6.61. The van der Waals surface area contributed by atoms with Gasteiger partial charge in [0.25, 0.3) is 0 Å². The summed E-state index contributed by atoms with van der Waals surface area (Å²) in [5.74, 6) is 0.711. The van der Waals surface area contributed by atoms with Crippen LogP contribution in [0, 0.1) is 0 Å². The van der Waals surface area contributed by atoms with Crippen LogP contribution in [-0.4, -0.2) is 43.9 Å². The van der Waals surface area contributed by atoms with Crippen LogP contribution >= 0.6 is 0 Å². The SMILES string of the molecule is CCC(CC(=O)OC)c1cnc(N(CC)C2CCOCC2)c(N)c1. The molecule has 6 heteroatoms. The van der Waals surface area contributed by atoms with Gasteiger partial charge in [0.05, 0.1) is 19.2 Å². The smallest absolute Gasteiger partial charge is 0.306 e. The molecule has 1 aliphatic heterocycles. The van der Waals surface area contributed by atoms with Crippen LogP contribution in [0.5, 0.6) is 0 Å². The lowest BCUT2D eigenvalue weighted by atomic mass is 9.94. The van der Waals surface area contributed by atoms with Crippen molar-refractivity contribution in [3.8, 4) is 0 Å². The third-order valence-electron chi connectivity index (χ3n) is 4.77. The van der Waals surface area contributed by atoms with E-state index >= 15 is 0 Å². The Labute approximate surface area is 144 Å². The lowest BCUT2D eigenvalue weighted by Gasteiger charge is -2.35.